The molecule has 0 spiro atoms. The molecule has 0 aromatic heterocycles. The van der Waals surface area contributed by atoms with Crippen LogP contribution in [-0.4, -0.2) is 30.9 Å². The Labute approximate surface area is 119 Å². The number of nitrogens with one attached hydrogen (secondary N) is 1. The number of hydrogen-bond acceptors (Lipinski definition) is 3. The number of nitrogen functional groups attached to an aromatic ring is 1. The first-order chi connectivity index (χ1) is 8.67. The Hall–Kier alpha value is -1.26. The van der Waals surface area contributed by atoms with Gasteiger partial charge in [0.15, 0.2) is 0 Å². The molecule has 0 heterocycles. The van der Waals surface area contributed by atoms with Crippen LogP contribution in [0.5, 0.6) is 0 Å². The topological polar surface area (TPSA) is 58.4 Å². The van der Waals surface area contributed by atoms with Crippen molar-refractivity contribution in [3.8, 4) is 0 Å². The molecule has 0 radical (unpaired) electrons. The van der Waals surface area contributed by atoms with Crippen molar-refractivity contribution < 1.29 is 4.79 Å². The summed E-state index contributed by atoms with van der Waals surface area (Å²) in [6.07, 6.45) is 0. The van der Waals surface area contributed by atoms with E-state index in [2.05, 4.69) is 26.1 Å². The van der Waals surface area contributed by atoms with Crippen molar-refractivity contribution in [3.05, 3.63) is 23.2 Å². The van der Waals surface area contributed by atoms with Crippen molar-refractivity contribution in [1.82, 2.24) is 4.90 Å². The van der Waals surface area contributed by atoms with Gasteiger partial charge in [0.05, 0.1) is 17.3 Å². The highest BCUT2D eigenvalue weighted by molar-refractivity contribution is 6.33. The van der Waals surface area contributed by atoms with Crippen LogP contribution < -0.4 is 11.1 Å². The van der Waals surface area contributed by atoms with E-state index < -0.39 is 0 Å². The van der Waals surface area contributed by atoms with Crippen LogP contribution in [0, 0.1) is 5.41 Å². The summed E-state index contributed by atoms with van der Waals surface area (Å²) < 4.78 is 0. The number of carbonyl (C=O) groups is 1. The predicted molar refractivity (Wildman–Crippen MR) is 81.4 cm³/mol. The Morgan fingerprint density at radius 1 is 1.42 bits per heavy atom. The van der Waals surface area contributed by atoms with E-state index >= 15 is 0 Å². The summed E-state index contributed by atoms with van der Waals surface area (Å²) in [5.41, 5.74) is 6.98. The Morgan fingerprint density at radius 3 is 2.58 bits per heavy atom. The first-order valence-corrected chi connectivity index (χ1v) is 6.58. The smallest absolute Gasteiger partial charge is 0.238 e. The van der Waals surface area contributed by atoms with Crippen LogP contribution in [0.2, 0.25) is 5.02 Å². The van der Waals surface area contributed by atoms with E-state index in [-0.39, 0.29) is 11.3 Å². The summed E-state index contributed by atoms with van der Waals surface area (Å²) in [7, 11) is 1.93. The van der Waals surface area contributed by atoms with E-state index in [4.69, 9.17) is 17.3 Å². The van der Waals surface area contributed by atoms with Crippen LogP contribution in [0.15, 0.2) is 18.2 Å². The number of benzene rings is 1. The number of anilines is 2. The molecule has 5 heteroatoms. The number of likely N-dealkylation sites (N-methyl/N-ethyl adjacent to an activating group) is 1. The largest absolute Gasteiger partial charge is 0.397 e. The third kappa shape index (κ3) is 5.94. The van der Waals surface area contributed by atoms with Gasteiger partial charge >= 0.3 is 0 Å². The van der Waals surface area contributed by atoms with Crippen LogP contribution in [0.3, 0.4) is 0 Å². The second-order valence-electron chi connectivity index (χ2n) is 6.02. The standard InChI is InChI=1S/C14H22ClN3O/c1-14(2,3)9-18(4)8-13(19)17-10-5-6-11(15)12(16)7-10/h5-7H,8-9,16H2,1-4H3,(H,17,19). The van der Waals surface area contributed by atoms with Crippen LogP contribution in [0.4, 0.5) is 11.4 Å². The average Bonchev–Trinajstić information content (AvgIpc) is 2.20. The van der Waals surface area contributed by atoms with E-state index in [9.17, 15) is 4.79 Å². The number of rotatable bonds is 4. The maximum atomic E-state index is 11.9. The van der Waals surface area contributed by atoms with E-state index in [1.807, 2.05) is 11.9 Å². The summed E-state index contributed by atoms with van der Waals surface area (Å²) in [5, 5.41) is 3.30. The number of amides is 1. The summed E-state index contributed by atoms with van der Waals surface area (Å²) >= 11 is 5.83. The molecular weight excluding hydrogens is 262 g/mol. The summed E-state index contributed by atoms with van der Waals surface area (Å²) in [6.45, 7) is 7.62. The Kier molecular flexibility index (Phi) is 5.20. The van der Waals surface area contributed by atoms with Crippen LogP contribution in [0.1, 0.15) is 20.8 Å². The summed E-state index contributed by atoms with van der Waals surface area (Å²) in [6, 6.07) is 5.07. The maximum Gasteiger partial charge on any atom is 0.238 e. The van der Waals surface area contributed by atoms with Crippen molar-refractivity contribution in [2.75, 3.05) is 31.2 Å². The Bertz CT molecular complexity index is 454. The van der Waals surface area contributed by atoms with Gasteiger partial charge in [0.2, 0.25) is 5.91 Å². The van der Waals surface area contributed by atoms with Gasteiger partial charge in [-0.3, -0.25) is 9.69 Å². The SMILES string of the molecule is CN(CC(=O)Nc1ccc(Cl)c(N)c1)CC(C)(C)C. The van der Waals surface area contributed by atoms with Gasteiger partial charge in [0.25, 0.3) is 0 Å². The minimum Gasteiger partial charge on any atom is -0.397 e. The third-order valence-electron chi connectivity index (χ3n) is 2.44. The van der Waals surface area contributed by atoms with Gasteiger partial charge in [-0.2, -0.15) is 0 Å². The fourth-order valence-electron chi connectivity index (χ4n) is 1.93. The molecule has 0 aliphatic rings. The van der Waals surface area contributed by atoms with Gasteiger partial charge in [-0.05, 0) is 30.7 Å². The van der Waals surface area contributed by atoms with E-state index in [1.54, 1.807) is 18.2 Å². The number of nitrogens with two attached hydrogens (primary N) is 1. The molecule has 0 saturated heterocycles. The highest BCUT2D eigenvalue weighted by Crippen LogP contribution is 2.22. The molecule has 0 unspecified atom stereocenters. The van der Waals surface area contributed by atoms with E-state index in [0.29, 0.717) is 22.9 Å². The number of hydrogen-bond donors (Lipinski definition) is 2. The molecule has 0 saturated carbocycles. The fourth-order valence-corrected chi connectivity index (χ4v) is 2.05. The quantitative estimate of drug-likeness (QED) is 0.836. The van der Waals surface area contributed by atoms with Gasteiger partial charge in [0.1, 0.15) is 0 Å². The molecule has 0 atom stereocenters. The highest BCUT2D eigenvalue weighted by Gasteiger charge is 2.15. The highest BCUT2D eigenvalue weighted by atomic mass is 35.5. The number of halogens is 1. The molecule has 4 nitrogen and oxygen atoms in total. The predicted octanol–water partition coefficient (Wildman–Crippen LogP) is 2.84. The van der Waals surface area contributed by atoms with Crippen molar-refractivity contribution in [1.29, 1.82) is 0 Å². The lowest BCUT2D eigenvalue weighted by Crippen LogP contribution is -2.35. The van der Waals surface area contributed by atoms with Crippen molar-refractivity contribution in [2.45, 2.75) is 20.8 Å². The van der Waals surface area contributed by atoms with Crippen molar-refractivity contribution >= 4 is 28.9 Å². The summed E-state index contributed by atoms with van der Waals surface area (Å²) in [4.78, 5) is 13.9. The Morgan fingerprint density at radius 2 is 2.05 bits per heavy atom. The molecule has 1 aromatic rings. The fraction of sp³-hybridized carbons (Fsp3) is 0.500. The summed E-state index contributed by atoms with van der Waals surface area (Å²) in [5.74, 6) is -0.0616. The van der Waals surface area contributed by atoms with Crippen molar-refractivity contribution in [2.24, 2.45) is 5.41 Å². The minimum atomic E-state index is -0.0616. The van der Waals surface area contributed by atoms with Crippen molar-refractivity contribution in [3.63, 3.8) is 0 Å². The van der Waals surface area contributed by atoms with E-state index in [1.165, 1.54) is 0 Å². The second kappa shape index (κ2) is 6.26. The Balaban J connectivity index is 2.53. The van der Waals surface area contributed by atoms with Gasteiger partial charge in [-0.25, -0.2) is 0 Å². The molecule has 0 aliphatic carbocycles. The molecule has 1 amide bonds. The molecule has 19 heavy (non-hydrogen) atoms. The second-order valence-corrected chi connectivity index (χ2v) is 6.42. The molecular formula is C14H22ClN3O. The van der Waals surface area contributed by atoms with Gasteiger partial charge in [0, 0.05) is 12.2 Å². The van der Waals surface area contributed by atoms with Gasteiger partial charge in [-0.15, -0.1) is 0 Å². The van der Waals surface area contributed by atoms with E-state index in [0.717, 1.165) is 6.54 Å². The molecule has 106 valence electrons. The zero-order valence-electron chi connectivity index (χ0n) is 12.0. The first-order valence-electron chi connectivity index (χ1n) is 6.21. The monoisotopic (exact) mass is 283 g/mol. The molecule has 0 fully saturated rings. The lowest BCUT2D eigenvalue weighted by Gasteiger charge is -2.25. The molecule has 1 aromatic carbocycles. The molecule has 1 rings (SSSR count). The number of carbonyl (C=O) groups excluding carboxylic acids is 1. The van der Waals surface area contributed by atoms with Gasteiger partial charge < -0.3 is 11.1 Å². The van der Waals surface area contributed by atoms with Crippen LogP contribution in [0.25, 0.3) is 0 Å². The lowest BCUT2D eigenvalue weighted by molar-refractivity contribution is -0.117. The van der Waals surface area contributed by atoms with Crippen LogP contribution >= 0.6 is 11.6 Å². The van der Waals surface area contributed by atoms with Crippen LogP contribution in [-0.2, 0) is 4.79 Å². The number of nitrogens with zero attached hydrogens (tertiary/aromatic N) is 1. The maximum absolute atomic E-state index is 11.9. The third-order valence-corrected chi connectivity index (χ3v) is 2.78. The average molecular weight is 284 g/mol. The zero-order chi connectivity index (χ0) is 14.6. The molecule has 3 N–H and O–H groups in total. The molecule has 0 aliphatic heterocycles. The minimum absolute atomic E-state index is 0.0616. The van der Waals surface area contributed by atoms with Gasteiger partial charge in [-0.1, -0.05) is 32.4 Å². The normalized spacial score (nSPS) is 11.7. The molecule has 0 bridgehead atoms. The lowest BCUT2D eigenvalue weighted by atomic mass is 9.96. The zero-order valence-corrected chi connectivity index (χ0v) is 12.7. The first kappa shape index (κ1) is 15.8.